The monoisotopic (exact) mass is 370 g/mol. The number of anilines is 1. The Morgan fingerprint density at radius 3 is 2.52 bits per heavy atom. The van der Waals surface area contributed by atoms with Crippen LogP contribution < -0.4 is 9.64 Å². The van der Waals surface area contributed by atoms with E-state index in [0.29, 0.717) is 6.61 Å². The van der Waals surface area contributed by atoms with Crippen molar-refractivity contribution in [1.82, 2.24) is 0 Å². The first kappa shape index (κ1) is 15.9. The summed E-state index contributed by atoms with van der Waals surface area (Å²) in [5.41, 5.74) is 3.40. The summed E-state index contributed by atoms with van der Waals surface area (Å²) in [6.07, 6.45) is 0. The van der Waals surface area contributed by atoms with Gasteiger partial charge >= 0.3 is 0 Å². The molecule has 1 heterocycles. The molecule has 1 aliphatic heterocycles. The van der Waals surface area contributed by atoms with Crippen molar-refractivity contribution in [3.05, 3.63) is 58.1 Å². The van der Waals surface area contributed by atoms with Crippen LogP contribution in [0.5, 0.6) is 5.75 Å². The minimum absolute atomic E-state index is 0.0463. The van der Waals surface area contributed by atoms with E-state index in [1.807, 2.05) is 25.1 Å². The fraction of sp³-hybridized carbons (Fsp3) is 0.316. The van der Waals surface area contributed by atoms with Crippen LogP contribution in [0.15, 0.2) is 46.9 Å². The standard InChI is InChI=1S/C19H19BrN2O/c1-3-22-18-11-14(20)7-10-16(18)17(12-21)19(22)13-5-8-15(9-6-13)23-4-2/h5-11,17,19H,3-4H2,1-2H3. The highest BCUT2D eigenvalue weighted by Crippen LogP contribution is 2.49. The van der Waals surface area contributed by atoms with Gasteiger partial charge in [-0.05, 0) is 49.2 Å². The highest BCUT2D eigenvalue weighted by atomic mass is 79.9. The lowest BCUT2D eigenvalue weighted by Gasteiger charge is -2.28. The molecular formula is C19H19BrN2O. The highest BCUT2D eigenvalue weighted by molar-refractivity contribution is 9.10. The smallest absolute Gasteiger partial charge is 0.119 e. The molecule has 1 aliphatic rings. The van der Waals surface area contributed by atoms with Crippen LogP contribution >= 0.6 is 15.9 Å². The predicted octanol–water partition coefficient (Wildman–Crippen LogP) is 5.04. The van der Waals surface area contributed by atoms with Crippen LogP contribution in [-0.2, 0) is 0 Å². The second-order valence-corrected chi connectivity index (χ2v) is 6.46. The third-order valence-corrected chi connectivity index (χ3v) is 4.79. The van der Waals surface area contributed by atoms with Gasteiger partial charge in [-0.3, -0.25) is 0 Å². The van der Waals surface area contributed by atoms with Crippen molar-refractivity contribution >= 4 is 21.6 Å². The van der Waals surface area contributed by atoms with Gasteiger partial charge in [0.1, 0.15) is 5.75 Å². The Balaban J connectivity index is 2.02. The molecule has 0 fully saturated rings. The first-order chi connectivity index (χ1) is 11.2. The number of hydrogen-bond acceptors (Lipinski definition) is 3. The molecule has 2 unspecified atom stereocenters. The van der Waals surface area contributed by atoms with Gasteiger partial charge in [0.15, 0.2) is 0 Å². The number of rotatable bonds is 4. The van der Waals surface area contributed by atoms with Crippen molar-refractivity contribution in [2.45, 2.75) is 25.8 Å². The van der Waals surface area contributed by atoms with Crippen molar-refractivity contribution in [2.24, 2.45) is 0 Å². The molecule has 2 aromatic rings. The molecule has 0 aliphatic carbocycles. The number of likely N-dealkylation sites (N-methyl/N-ethyl adjacent to an activating group) is 1. The summed E-state index contributed by atoms with van der Waals surface area (Å²) in [4.78, 5) is 2.31. The molecule has 0 bridgehead atoms. The number of fused-ring (bicyclic) bond motifs is 1. The SMILES string of the molecule is CCOc1ccc(C2C(C#N)c3ccc(Br)cc3N2CC)cc1. The predicted molar refractivity (Wildman–Crippen MR) is 95.9 cm³/mol. The number of halogens is 1. The van der Waals surface area contributed by atoms with Gasteiger partial charge in [-0.1, -0.05) is 34.1 Å². The summed E-state index contributed by atoms with van der Waals surface area (Å²) < 4.78 is 6.56. The molecule has 2 aromatic carbocycles. The van der Waals surface area contributed by atoms with Crippen LogP contribution in [0.2, 0.25) is 0 Å². The summed E-state index contributed by atoms with van der Waals surface area (Å²) in [5.74, 6) is 0.710. The van der Waals surface area contributed by atoms with E-state index in [2.05, 4.69) is 58.1 Å². The quantitative estimate of drug-likeness (QED) is 0.756. The van der Waals surface area contributed by atoms with E-state index in [-0.39, 0.29) is 12.0 Å². The lowest BCUT2D eigenvalue weighted by atomic mass is 9.91. The third kappa shape index (κ3) is 2.82. The maximum Gasteiger partial charge on any atom is 0.119 e. The minimum Gasteiger partial charge on any atom is -0.494 e. The van der Waals surface area contributed by atoms with E-state index in [4.69, 9.17) is 4.74 Å². The Morgan fingerprint density at radius 2 is 1.91 bits per heavy atom. The molecule has 0 amide bonds. The number of nitrogens with zero attached hydrogens (tertiary/aromatic N) is 2. The second-order valence-electron chi connectivity index (χ2n) is 5.54. The molecule has 23 heavy (non-hydrogen) atoms. The Bertz CT molecular complexity index is 736. The summed E-state index contributed by atoms with van der Waals surface area (Å²) in [6.45, 7) is 5.62. The zero-order chi connectivity index (χ0) is 16.4. The average molecular weight is 371 g/mol. The van der Waals surface area contributed by atoms with E-state index in [1.54, 1.807) is 0 Å². The second kappa shape index (κ2) is 6.64. The van der Waals surface area contributed by atoms with Gasteiger partial charge in [0.2, 0.25) is 0 Å². The molecule has 3 rings (SSSR count). The van der Waals surface area contributed by atoms with Crippen LogP contribution in [0.4, 0.5) is 5.69 Å². The average Bonchev–Trinajstić information content (AvgIpc) is 2.88. The van der Waals surface area contributed by atoms with E-state index >= 15 is 0 Å². The summed E-state index contributed by atoms with van der Waals surface area (Å²) in [7, 11) is 0. The van der Waals surface area contributed by atoms with Gasteiger partial charge in [0.25, 0.3) is 0 Å². The van der Waals surface area contributed by atoms with E-state index in [1.165, 1.54) is 0 Å². The van der Waals surface area contributed by atoms with Gasteiger partial charge in [-0.15, -0.1) is 0 Å². The van der Waals surface area contributed by atoms with Gasteiger partial charge < -0.3 is 9.64 Å². The zero-order valence-electron chi connectivity index (χ0n) is 13.3. The van der Waals surface area contributed by atoms with Gasteiger partial charge in [-0.25, -0.2) is 0 Å². The van der Waals surface area contributed by atoms with Crippen LogP contribution in [0, 0.1) is 11.3 Å². The molecule has 2 atom stereocenters. The van der Waals surface area contributed by atoms with Crippen molar-refractivity contribution in [3.63, 3.8) is 0 Å². The number of nitriles is 1. The number of ether oxygens (including phenoxy) is 1. The zero-order valence-corrected chi connectivity index (χ0v) is 14.9. The molecule has 0 saturated heterocycles. The molecule has 3 nitrogen and oxygen atoms in total. The van der Waals surface area contributed by atoms with Crippen molar-refractivity contribution in [3.8, 4) is 11.8 Å². The highest BCUT2D eigenvalue weighted by Gasteiger charge is 2.38. The van der Waals surface area contributed by atoms with Crippen molar-refractivity contribution in [1.29, 1.82) is 5.26 Å². The number of hydrogen-bond donors (Lipinski definition) is 0. The Hall–Kier alpha value is -1.99. The fourth-order valence-electron chi connectivity index (χ4n) is 3.34. The third-order valence-electron chi connectivity index (χ3n) is 4.30. The van der Waals surface area contributed by atoms with Gasteiger partial charge in [0, 0.05) is 16.7 Å². The largest absolute Gasteiger partial charge is 0.494 e. The van der Waals surface area contributed by atoms with Crippen LogP contribution in [0.1, 0.15) is 36.9 Å². The molecule has 4 heteroatoms. The normalized spacial score (nSPS) is 19.3. The summed E-state index contributed by atoms with van der Waals surface area (Å²) in [5, 5.41) is 9.75. The topological polar surface area (TPSA) is 36.3 Å². The maximum atomic E-state index is 9.75. The first-order valence-corrected chi connectivity index (χ1v) is 8.67. The van der Waals surface area contributed by atoms with Crippen molar-refractivity contribution < 1.29 is 4.74 Å². The van der Waals surface area contributed by atoms with E-state index in [0.717, 1.165) is 33.6 Å². The van der Waals surface area contributed by atoms with Gasteiger partial charge in [0.05, 0.1) is 24.6 Å². The minimum atomic E-state index is -0.156. The molecular weight excluding hydrogens is 352 g/mol. The van der Waals surface area contributed by atoms with Crippen LogP contribution in [0.25, 0.3) is 0 Å². The summed E-state index contributed by atoms with van der Waals surface area (Å²) >= 11 is 3.54. The maximum absolute atomic E-state index is 9.75. The molecule has 0 N–H and O–H groups in total. The Morgan fingerprint density at radius 1 is 1.17 bits per heavy atom. The summed E-state index contributed by atoms with van der Waals surface area (Å²) in [6, 6.07) is 16.8. The van der Waals surface area contributed by atoms with Crippen LogP contribution in [-0.4, -0.2) is 13.2 Å². The van der Waals surface area contributed by atoms with Crippen LogP contribution in [0.3, 0.4) is 0 Å². The van der Waals surface area contributed by atoms with Gasteiger partial charge in [-0.2, -0.15) is 5.26 Å². The molecule has 0 radical (unpaired) electrons. The molecule has 0 spiro atoms. The van der Waals surface area contributed by atoms with E-state index < -0.39 is 0 Å². The van der Waals surface area contributed by atoms with E-state index in [9.17, 15) is 5.26 Å². The number of benzene rings is 2. The lowest BCUT2D eigenvalue weighted by Crippen LogP contribution is -2.26. The Labute approximate surface area is 145 Å². The fourth-order valence-corrected chi connectivity index (χ4v) is 3.68. The molecule has 0 saturated carbocycles. The molecule has 0 aromatic heterocycles. The molecule has 118 valence electrons. The lowest BCUT2D eigenvalue weighted by molar-refractivity contribution is 0.340. The Kier molecular flexibility index (Phi) is 4.58. The van der Waals surface area contributed by atoms with Crippen molar-refractivity contribution in [2.75, 3.05) is 18.1 Å². The first-order valence-electron chi connectivity index (χ1n) is 7.88.